The number of pyridine rings is 1. The van der Waals surface area contributed by atoms with Gasteiger partial charge in [0.05, 0.1) is 28.4 Å². The van der Waals surface area contributed by atoms with E-state index in [1.54, 1.807) is 24.3 Å². The van der Waals surface area contributed by atoms with Crippen LogP contribution in [0.15, 0.2) is 48.5 Å². The van der Waals surface area contributed by atoms with Crippen LogP contribution >= 0.6 is 23.2 Å². The monoisotopic (exact) mass is 429 g/mol. The van der Waals surface area contributed by atoms with Crippen LogP contribution in [0.25, 0.3) is 22.2 Å². The standard InChI is InChI=1S/C24H25Cl2NO2/c1-2-3-4-5-6-7-15-29-24(28)20-16-22(17-11-13-18(25)14-12-17)27-23-19(20)9-8-10-21(23)26/h8-14,16H,2-7,15H2,1H3. The number of esters is 1. The second kappa shape index (κ2) is 10.6. The summed E-state index contributed by atoms with van der Waals surface area (Å²) < 4.78 is 5.56. The smallest absolute Gasteiger partial charge is 0.338 e. The van der Waals surface area contributed by atoms with Gasteiger partial charge in [0.2, 0.25) is 0 Å². The van der Waals surface area contributed by atoms with Crippen LogP contribution in [0.2, 0.25) is 10.0 Å². The summed E-state index contributed by atoms with van der Waals surface area (Å²) in [5, 5.41) is 1.84. The molecule has 0 aliphatic carbocycles. The molecule has 0 radical (unpaired) electrons. The number of hydrogen-bond acceptors (Lipinski definition) is 3. The van der Waals surface area contributed by atoms with Crippen LogP contribution < -0.4 is 0 Å². The maximum atomic E-state index is 12.8. The Morgan fingerprint density at radius 2 is 1.69 bits per heavy atom. The molecule has 0 saturated heterocycles. The van der Waals surface area contributed by atoms with Gasteiger partial charge in [-0.15, -0.1) is 0 Å². The molecule has 1 heterocycles. The van der Waals surface area contributed by atoms with Crippen molar-refractivity contribution in [3.05, 3.63) is 64.1 Å². The molecular weight excluding hydrogens is 405 g/mol. The molecule has 1 aromatic heterocycles. The van der Waals surface area contributed by atoms with Crippen LogP contribution in [0.4, 0.5) is 0 Å². The average molecular weight is 430 g/mol. The minimum atomic E-state index is -0.344. The maximum Gasteiger partial charge on any atom is 0.338 e. The molecule has 29 heavy (non-hydrogen) atoms. The Bertz CT molecular complexity index is 971. The molecule has 0 saturated carbocycles. The van der Waals surface area contributed by atoms with Crippen molar-refractivity contribution in [2.75, 3.05) is 6.61 Å². The zero-order valence-corrected chi connectivity index (χ0v) is 18.1. The number of unbranched alkanes of at least 4 members (excludes halogenated alkanes) is 5. The Hall–Kier alpha value is -2.10. The average Bonchev–Trinajstić information content (AvgIpc) is 2.73. The van der Waals surface area contributed by atoms with Gasteiger partial charge in [-0.1, -0.05) is 86.5 Å². The third kappa shape index (κ3) is 5.71. The summed E-state index contributed by atoms with van der Waals surface area (Å²) >= 11 is 12.4. The van der Waals surface area contributed by atoms with Crippen LogP contribution in [0.5, 0.6) is 0 Å². The van der Waals surface area contributed by atoms with Gasteiger partial charge in [0.25, 0.3) is 0 Å². The van der Waals surface area contributed by atoms with Crippen LogP contribution in [0.3, 0.4) is 0 Å². The first kappa shape index (κ1) is 21.6. The lowest BCUT2D eigenvalue weighted by molar-refractivity contribution is 0.0500. The van der Waals surface area contributed by atoms with Gasteiger partial charge in [-0.05, 0) is 30.7 Å². The lowest BCUT2D eigenvalue weighted by Crippen LogP contribution is -2.08. The molecule has 3 aromatic rings. The minimum absolute atomic E-state index is 0.344. The van der Waals surface area contributed by atoms with E-state index in [9.17, 15) is 4.79 Å². The molecule has 0 amide bonds. The number of fused-ring (bicyclic) bond motifs is 1. The Morgan fingerprint density at radius 1 is 0.966 bits per heavy atom. The van der Waals surface area contributed by atoms with Crippen LogP contribution in [0, 0.1) is 0 Å². The van der Waals surface area contributed by atoms with Crippen LogP contribution in [0.1, 0.15) is 55.8 Å². The predicted molar refractivity (Wildman–Crippen MR) is 121 cm³/mol. The lowest BCUT2D eigenvalue weighted by atomic mass is 10.0. The fourth-order valence-electron chi connectivity index (χ4n) is 3.28. The van der Waals surface area contributed by atoms with E-state index in [2.05, 4.69) is 11.9 Å². The normalized spacial score (nSPS) is 11.0. The first-order valence-electron chi connectivity index (χ1n) is 10.1. The molecule has 3 nitrogen and oxygen atoms in total. The Balaban J connectivity index is 1.81. The number of para-hydroxylation sites is 1. The second-order valence-corrected chi connectivity index (χ2v) is 7.95. The maximum absolute atomic E-state index is 12.8. The number of ether oxygens (including phenoxy) is 1. The van der Waals surface area contributed by atoms with E-state index >= 15 is 0 Å². The van der Waals surface area contributed by atoms with Crippen molar-refractivity contribution in [1.82, 2.24) is 4.98 Å². The first-order chi connectivity index (χ1) is 14.1. The zero-order chi connectivity index (χ0) is 20.6. The molecule has 3 rings (SSSR count). The fraction of sp³-hybridized carbons (Fsp3) is 0.333. The summed E-state index contributed by atoms with van der Waals surface area (Å²) in [5.74, 6) is -0.344. The van der Waals surface area contributed by atoms with Gasteiger partial charge >= 0.3 is 5.97 Å². The third-order valence-corrected chi connectivity index (χ3v) is 5.44. The van der Waals surface area contributed by atoms with E-state index in [-0.39, 0.29) is 5.97 Å². The van der Waals surface area contributed by atoms with Gasteiger partial charge in [-0.3, -0.25) is 0 Å². The summed E-state index contributed by atoms with van der Waals surface area (Å²) in [7, 11) is 0. The van der Waals surface area contributed by atoms with Crippen molar-refractivity contribution >= 4 is 40.1 Å². The third-order valence-electron chi connectivity index (χ3n) is 4.88. The van der Waals surface area contributed by atoms with Crippen molar-refractivity contribution in [1.29, 1.82) is 0 Å². The number of carbonyl (C=O) groups is 1. The van der Waals surface area contributed by atoms with Gasteiger partial charge < -0.3 is 4.74 Å². The number of hydrogen-bond donors (Lipinski definition) is 0. The largest absolute Gasteiger partial charge is 0.462 e. The number of rotatable bonds is 9. The minimum Gasteiger partial charge on any atom is -0.462 e. The molecular formula is C24H25Cl2NO2. The summed E-state index contributed by atoms with van der Waals surface area (Å²) in [6, 6.07) is 14.6. The van der Waals surface area contributed by atoms with E-state index in [0.29, 0.717) is 38.8 Å². The SMILES string of the molecule is CCCCCCCCOC(=O)c1cc(-c2ccc(Cl)cc2)nc2c(Cl)cccc12. The van der Waals surface area contributed by atoms with E-state index in [1.165, 1.54) is 25.7 Å². The highest BCUT2D eigenvalue weighted by Crippen LogP contribution is 2.30. The van der Waals surface area contributed by atoms with E-state index in [4.69, 9.17) is 27.9 Å². The van der Waals surface area contributed by atoms with Gasteiger partial charge in [0, 0.05) is 16.0 Å². The van der Waals surface area contributed by atoms with Crippen molar-refractivity contribution in [3.63, 3.8) is 0 Å². The fourth-order valence-corrected chi connectivity index (χ4v) is 3.62. The van der Waals surface area contributed by atoms with E-state index < -0.39 is 0 Å². The summed E-state index contributed by atoms with van der Waals surface area (Å²) in [4.78, 5) is 17.5. The Kier molecular flexibility index (Phi) is 7.91. The van der Waals surface area contributed by atoms with Crippen molar-refractivity contribution in [2.24, 2.45) is 0 Å². The molecule has 5 heteroatoms. The predicted octanol–water partition coefficient (Wildman–Crippen LogP) is 7.73. The zero-order valence-electron chi connectivity index (χ0n) is 16.6. The van der Waals surface area contributed by atoms with Crippen molar-refractivity contribution in [3.8, 4) is 11.3 Å². The van der Waals surface area contributed by atoms with Crippen molar-refractivity contribution in [2.45, 2.75) is 45.4 Å². The number of carbonyl (C=O) groups excluding carboxylic acids is 1. The molecule has 0 fully saturated rings. The molecule has 0 bridgehead atoms. The summed E-state index contributed by atoms with van der Waals surface area (Å²) in [6.07, 6.45) is 6.86. The summed E-state index contributed by atoms with van der Waals surface area (Å²) in [6.45, 7) is 2.62. The highest BCUT2D eigenvalue weighted by molar-refractivity contribution is 6.35. The molecule has 0 unspecified atom stereocenters. The van der Waals surface area contributed by atoms with Gasteiger partial charge in [-0.2, -0.15) is 0 Å². The molecule has 2 aromatic carbocycles. The molecule has 0 atom stereocenters. The Morgan fingerprint density at radius 3 is 2.45 bits per heavy atom. The number of aromatic nitrogens is 1. The summed E-state index contributed by atoms with van der Waals surface area (Å²) in [5.41, 5.74) is 2.59. The quantitative estimate of drug-likeness (QED) is 0.258. The Labute approximate surface area is 182 Å². The molecule has 0 aliphatic heterocycles. The lowest BCUT2D eigenvalue weighted by Gasteiger charge is -2.11. The molecule has 0 spiro atoms. The number of halogens is 2. The van der Waals surface area contributed by atoms with E-state index in [1.807, 2.05) is 24.3 Å². The molecule has 152 valence electrons. The number of nitrogens with zero attached hydrogens (tertiary/aromatic N) is 1. The number of benzene rings is 2. The van der Waals surface area contributed by atoms with Crippen LogP contribution in [-0.2, 0) is 4.74 Å². The highest BCUT2D eigenvalue weighted by atomic mass is 35.5. The molecule has 0 aliphatic rings. The second-order valence-electron chi connectivity index (χ2n) is 7.10. The van der Waals surface area contributed by atoms with Gasteiger partial charge in [0.1, 0.15) is 0 Å². The van der Waals surface area contributed by atoms with Gasteiger partial charge in [0.15, 0.2) is 0 Å². The van der Waals surface area contributed by atoms with Gasteiger partial charge in [-0.25, -0.2) is 9.78 Å². The van der Waals surface area contributed by atoms with Crippen LogP contribution in [-0.4, -0.2) is 17.6 Å². The van der Waals surface area contributed by atoms with Crippen molar-refractivity contribution < 1.29 is 9.53 Å². The topological polar surface area (TPSA) is 39.2 Å². The highest BCUT2D eigenvalue weighted by Gasteiger charge is 2.16. The first-order valence-corrected chi connectivity index (χ1v) is 10.9. The molecule has 0 N–H and O–H groups in total. The van der Waals surface area contributed by atoms with E-state index in [0.717, 1.165) is 18.4 Å².